The Balaban J connectivity index is 3.12. The number of aryl methyl sites for hydroxylation is 2. The highest BCUT2D eigenvalue weighted by atomic mass is 16.5. The van der Waals surface area contributed by atoms with Crippen LogP contribution in [0.1, 0.15) is 21.5 Å². The minimum atomic E-state index is 0.184. The van der Waals surface area contributed by atoms with Crippen LogP contribution >= 0.6 is 0 Å². The summed E-state index contributed by atoms with van der Waals surface area (Å²) in [6, 6.07) is 3.75. The molecule has 0 saturated carbocycles. The van der Waals surface area contributed by atoms with E-state index in [2.05, 4.69) is 5.92 Å². The van der Waals surface area contributed by atoms with E-state index in [1.54, 1.807) is 0 Å². The van der Waals surface area contributed by atoms with Gasteiger partial charge in [-0.3, -0.25) is 4.79 Å². The van der Waals surface area contributed by atoms with Crippen molar-refractivity contribution < 1.29 is 9.53 Å². The Kier molecular flexibility index (Phi) is 3.30. The van der Waals surface area contributed by atoms with E-state index in [0.29, 0.717) is 11.3 Å². The molecule has 0 bridgehead atoms. The fourth-order valence-electron chi connectivity index (χ4n) is 1.33. The highest BCUT2D eigenvalue weighted by Gasteiger charge is 2.06. The Labute approximate surface area is 83.9 Å². The highest BCUT2D eigenvalue weighted by molar-refractivity contribution is 5.81. The third kappa shape index (κ3) is 2.14. The molecule has 0 unspecified atom stereocenters. The molecular formula is C12H12O2. The van der Waals surface area contributed by atoms with E-state index < -0.39 is 0 Å². The van der Waals surface area contributed by atoms with Gasteiger partial charge in [0.1, 0.15) is 12.4 Å². The smallest absolute Gasteiger partial charge is 0.154 e. The van der Waals surface area contributed by atoms with Crippen molar-refractivity contribution >= 4 is 6.29 Å². The Morgan fingerprint density at radius 1 is 1.50 bits per heavy atom. The van der Waals surface area contributed by atoms with Crippen molar-refractivity contribution in [3.05, 3.63) is 28.8 Å². The standard InChI is InChI=1S/C12H12O2/c1-4-5-14-12-7-9(2)6-10(3)11(12)8-13/h1,6-8H,5H2,2-3H3. The Bertz CT molecular complexity index is 386. The molecule has 0 fully saturated rings. The second-order valence-corrected chi connectivity index (χ2v) is 3.10. The molecule has 2 nitrogen and oxygen atoms in total. The zero-order chi connectivity index (χ0) is 10.6. The van der Waals surface area contributed by atoms with Gasteiger partial charge in [-0.2, -0.15) is 0 Å². The average molecular weight is 188 g/mol. The zero-order valence-corrected chi connectivity index (χ0v) is 8.33. The summed E-state index contributed by atoms with van der Waals surface area (Å²) in [6.07, 6.45) is 5.87. The number of hydrogen-bond donors (Lipinski definition) is 0. The quantitative estimate of drug-likeness (QED) is 0.536. The van der Waals surface area contributed by atoms with Crippen molar-refractivity contribution in [1.29, 1.82) is 0 Å². The van der Waals surface area contributed by atoms with Crippen molar-refractivity contribution in [3.63, 3.8) is 0 Å². The normalized spacial score (nSPS) is 9.21. The van der Waals surface area contributed by atoms with Crippen molar-refractivity contribution in [2.24, 2.45) is 0 Å². The van der Waals surface area contributed by atoms with Crippen LogP contribution in [0.25, 0.3) is 0 Å². The first-order chi connectivity index (χ1) is 6.69. The molecule has 0 radical (unpaired) electrons. The minimum Gasteiger partial charge on any atom is -0.480 e. The summed E-state index contributed by atoms with van der Waals surface area (Å²) in [7, 11) is 0. The number of carbonyl (C=O) groups excluding carboxylic acids is 1. The maximum atomic E-state index is 10.8. The Morgan fingerprint density at radius 2 is 2.21 bits per heavy atom. The minimum absolute atomic E-state index is 0.184. The van der Waals surface area contributed by atoms with Crippen LogP contribution in [0.3, 0.4) is 0 Å². The Hall–Kier alpha value is -1.75. The van der Waals surface area contributed by atoms with Gasteiger partial charge >= 0.3 is 0 Å². The van der Waals surface area contributed by atoms with Crippen molar-refractivity contribution in [2.45, 2.75) is 13.8 Å². The largest absolute Gasteiger partial charge is 0.480 e. The van der Waals surface area contributed by atoms with E-state index in [0.717, 1.165) is 17.4 Å². The monoisotopic (exact) mass is 188 g/mol. The van der Waals surface area contributed by atoms with Crippen LogP contribution in [-0.4, -0.2) is 12.9 Å². The van der Waals surface area contributed by atoms with Gasteiger partial charge in [0, 0.05) is 0 Å². The van der Waals surface area contributed by atoms with Crippen molar-refractivity contribution in [1.82, 2.24) is 0 Å². The first kappa shape index (κ1) is 10.3. The molecule has 0 N–H and O–H groups in total. The number of aldehydes is 1. The van der Waals surface area contributed by atoms with Gasteiger partial charge in [0.05, 0.1) is 5.56 Å². The summed E-state index contributed by atoms with van der Waals surface area (Å²) in [4.78, 5) is 10.8. The van der Waals surface area contributed by atoms with Gasteiger partial charge in [-0.05, 0) is 31.0 Å². The molecule has 0 saturated heterocycles. The van der Waals surface area contributed by atoms with E-state index in [1.165, 1.54) is 0 Å². The van der Waals surface area contributed by atoms with Crippen LogP contribution in [0.4, 0.5) is 0 Å². The molecule has 0 spiro atoms. The second kappa shape index (κ2) is 4.48. The lowest BCUT2D eigenvalue weighted by atomic mass is 10.1. The summed E-state index contributed by atoms with van der Waals surface area (Å²) in [5.41, 5.74) is 2.54. The van der Waals surface area contributed by atoms with Crippen LogP contribution in [-0.2, 0) is 0 Å². The number of terminal acetylenes is 1. The summed E-state index contributed by atoms with van der Waals surface area (Å²) in [6.45, 7) is 4.01. The molecule has 1 aromatic carbocycles. The lowest BCUT2D eigenvalue weighted by Crippen LogP contribution is -1.99. The van der Waals surface area contributed by atoms with Gasteiger partial charge < -0.3 is 4.74 Å². The molecule has 0 aromatic heterocycles. The number of ether oxygens (including phenoxy) is 1. The van der Waals surface area contributed by atoms with E-state index in [1.807, 2.05) is 26.0 Å². The van der Waals surface area contributed by atoms with Crippen molar-refractivity contribution in [2.75, 3.05) is 6.61 Å². The number of rotatable bonds is 3. The number of hydrogen-bond acceptors (Lipinski definition) is 2. The van der Waals surface area contributed by atoms with Gasteiger partial charge in [0.25, 0.3) is 0 Å². The predicted octanol–water partition coefficient (Wildman–Crippen LogP) is 2.13. The molecule has 0 aliphatic heterocycles. The van der Waals surface area contributed by atoms with Gasteiger partial charge in [-0.1, -0.05) is 12.0 Å². The first-order valence-electron chi connectivity index (χ1n) is 4.31. The molecule has 0 heterocycles. The van der Waals surface area contributed by atoms with Crippen LogP contribution in [0, 0.1) is 26.2 Å². The van der Waals surface area contributed by atoms with Crippen LogP contribution in [0.15, 0.2) is 12.1 Å². The Morgan fingerprint density at radius 3 is 2.79 bits per heavy atom. The fraction of sp³-hybridized carbons (Fsp3) is 0.250. The van der Waals surface area contributed by atoms with E-state index in [9.17, 15) is 4.79 Å². The molecule has 1 rings (SSSR count). The van der Waals surface area contributed by atoms with Gasteiger partial charge in [-0.25, -0.2) is 0 Å². The molecule has 2 heteroatoms. The molecule has 14 heavy (non-hydrogen) atoms. The van der Waals surface area contributed by atoms with E-state index in [-0.39, 0.29) is 6.61 Å². The van der Waals surface area contributed by atoms with Gasteiger partial charge in [-0.15, -0.1) is 6.42 Å². The van der Waals surface area contributed by atoms with E-state index >= 15 is 0 Å². The average Bonchev–Trinajstić information content (AvgIpc) is 2.14. The maximum Gasteiger partial charge on any atom is 0.154 e. The third-order valence-electron chi connectivity index (χ3n) is 1.92. The highest BCUT2D eigenvalue weighted by Crippen LogP contribution is 2.22. The van der Waals surface area contributed by atoms with Crippen LogP contribution in [0.5, 0.6) is 5.75 Å². The topological polar surface area (TPSA) is 26.3 Å². The van der Waals surface area contributed by atoms with Crippen LogP contribution < -0.4 is 4.74 Å². The third-order valence-corrected chi connectivity index (χ3v) is 1.92. The molecule has 0 atom stereocenters. The maximum absolute atomic E-state index is 10.8. The lowest BCUT2D eigenvalue weighted by molar-refractivity contribution is 0.111. The van der Waals surface area contributed by atoms with Gasteiger partial charge in [0.2, 0.25) is 0 Å². The molecule has 72 valence electrons. The zero-order valence-electron chi connectivity index (χ0n) is 8.33. The molecular weight excluding hydrogens is 176 g/mol. The molecule has 0 amide bonds. The van der Waals surface area contributed by atoms with Gasteiger partial charge in [0.15, 0.2) is 6.29 Å². The molecule has 0 aliphatic rings. The second-order valence-electron chi connectivity index (χ2n) is 3.10. The SMILES string of the molecule is C#CCOc1cc(C)cc(C)c1C=O. The van der Waals surface area contributed by atoms with E-state index in [4.69, 9.17) is 11.2 Å². The summed E-state index contributed by atoms with van der Waals surface area (Å²) < 4.78 is 5.27. The summed E-state index contributed by atoms with van der Waals surface area (Å²) in [5, 5.41) is 0. The van der Waals surface area contributed by atoms with Crippen molar-refractivity contribution in [3.8, 4) is 18.1 Å². The first-order valence-corrected chi connectivity index (χ1v) is 4.31. The predicted molar refractivity (Wildman–Crippen MR) is 55.6 cm³/mol. The number of benzene rings is 1. The molecule has 0 aliphatic carbocycles. The number of carbonyl (C=O) groups is 1. The summed E-state index contributed by atoms with van der Waals surface area (Å²) in [5.74, 6) is 2.93. The molecule has 1 aromatic rings. The fourth-order valence-corrected chi connectivity index (χ4v) is 1.33. The van der Waals surface area contributed by atoms with Crippen LogP contribution in [0.2, 0.25) is 0 Å². The lowest BCUT2D eigenvalue weighted by Gasteiger charge is -2.09. The summed E-state index contributed by atoms with van der Waals surface area (Å²) >= 11 is 0.